The number of halogens is 2. The normalized spacial score (nSPS) is 13.5. The molecule has 7 aromatic heterocycles. The van der Waals surface area contributed by atoms with Crippen molar-refractivity contribution in [3.63, 3.8) is 0 Å². The van der Waals surface area contributed by atoms with Crippen LogP contribution in [0.1, 0.15) is 27.7 Å². The summed E-state index contributed by atoms with van der Waals surface area (Å²) in [6.07, 6.45) is 0. The predicted octanol–water partition coefficient (Wildman–Crippen LogP) is 19.9. The van der Waals surface area contributed by atoms with Crippen LogP contribution in [-0.2, 0) is 9.31 Å². The maximum absolute atomic E-state index is 6.08. The Balaban J connectivity index is 0.000000128. The minimum Gasteiger partial charge on any atom is -0.436 e. The van der Waals surface area contributed by atoms with Gasteiger partial charge in [0.05, 0.1) is 11.2 Å². The third-order valence-electron chi connectivity index (χ3n) is 16.8. The third kappa shape index (κ3) is 11.4. The Morgan fingerprint density at radius 3 is 1.03 bits per heavy atom. The molecule has 0 amide bonds. The number of benzene rings is 10. The molecule has 0 bridgehead atoms. The van der Waals surface area contributed by atoms with Crippen molar-refractivity contribution in [2.24, 2.45) is 0 Å². The molecule has 1 aliphatic rings. The van der Waals surface area contributed by atoms with Crippen molar-refractivity contribution in [1.29, 1.82) is 0 Å². The highest BCUT2D eigenvalue weighted by atomic mass is 35.5. The molecule has 1 aliphatic heterocycles. The molecule has 0 N–H and O–H groups in total. The molecular formula is C75H50BCl2N9O5S2. The van der Waals surface area contributed by atoms with Gasteiger partial charge >= 0.3 is 7.12 Å². The summed E-state index contributed by atoms with van der Waals surface area (Å²) >= 11 is 15.2. The van der Waals surface area contributed by atoms with Gasteiger partial charge in [0, 0.05) is 79.3 Å². The van der Waals surface area contributed by atoms with Crippen LogP contribution in [0.5, 0.6) is 0 Å². The van der Waals surface area contributed by atoms with Crippen molar-refractivity contribution in [3.8, 4) is 79.9 Å². The monoisotopic (exact) mass is 1300 g/mol. The van der Waals surface area contributed by atoms with Crippen LogP contribution in [0.2, 0.25) is 10.6 Å². The lowest BCUT2D eigenvalue weighted by Gasteiger charge is -2.32. The van der Waals surface area contributed by atoms with Gasteiger partial charge < -0.3 is 22.6 Å². The minimum atomic E-state index is -0.354. The third-order valence-corrected chi connectivity index (χ3v) is 19.5. The Kier molecular flexibility index (Phi) is 15.0. The van der Waals surface area contributed by atoms with Crippen LogP contribution < -0.4 is 5.46 Å². The highest BCUT2D eigenvalue weighted by Gasteiger charge is 2.51. The fraction of sp³-hybridized carbons (Fsp3) is 0.0800. The van der Waals surface area contributed by atoms with Gasteiger partial charge in [-0.05, 0) is 178 Å². The molecular weight excluding hydrogens is 1250 g/mol. The predicted molar refractivity (Wildman–Crippen MR) is 378 cm³/mol. The molecule has 8 heterocycles. The summed E-state index contributed by atoms with van der Waals surface area (Å²) in [5, 5.41) is 5.02. The average molecular weight is 1300 g/mol. The molecule has 17 aromatic rings. The number of thiophene rings is 2. The molecule has 19 heteroatoms. The smallest absolute Gasteiger partial charge is 0.436 e. The first-order valence-corrected chi connectivity index (χ1v) is 32.6. The summed E-state index contributed by atoms with van der Waals surface area (Å²) < 4.78 is 35.0. The second-order valence-electron chi connectivity index (χ2n) is 23.4. The lowest BCUT2D eigenvalue weighted by Crippen LogP contribution is -2.41. The van der Waals surface area contributed by atoms with E-state index in [0.29, 0.717) is 41.0 Å². The molecule has 454 valence electrons. The molecule has 1 saturated heterocycles. The fourth-order valence-electron chi connectivity index (χ4n) is 11.2. The Morgan fingerprint density at radius 1 is 0.309 bits per heavy atom. The molecule has 0 unspecified atom stereocenters. The SMILES string of the molecule is CC1(C)OB(c2ccc(-c3nc4ccccc4o3)cc2)OC1(C)C.Clc1nc(Cl)nc(-c2ccc3sc4ccccc4c3c2)n1.c1ccc2oc(-c3ccc(-c4nc(-c5ccc(-c6nc7ccccc7o6)cc5)nc(-c5ccc6sc7ccccc7c6c5)n4)cc3)nc2c1. The van der Waals surface area contributed by atoms with Crippen LogP contribution in [0.25, 0.3) is 154 Å². The van der Waals surface area contributed by atoms with Crippen LogP contribution in [-0.4, -0.2) is 63.2 Å². The van der Waals surface area contributed by atoms with E-state index in [1.54, 1.807) is 22.7 Å². The van der Waals surface area contributed by atoms with Gasteiger partial charge in [-0.15, -0.1) is 22.7 Å². The van der Waals surface area contributed by atoms with Crippen LogP contribution in [0.3, 0.4) is 0 Å². The number of hydrogen-bond donors (Lipinski definition) is 0. The molecule has 14 nitrogen and oxygen atoms in total. The zero-order valence-corrected chi connectivity index (χ0v) is 53.8. The number of fused-ring (bicyclic) bond motifs is 9. The molecule has 0 radical (unpaired) electrons. The summed E-state index contributed by atoms with van der Waals surface area (Å²) in [5.74, 6) is 3.99. The second-order valence-corrected chi connectivity index (χ2v) is 26.3. The van der Waals surface area contributed by atoms with Gasteiger partial charge in [-0.3, -0.25) is 0 Å². The Bertz CT molecular complexity index is 5450. The van der Waals surface area contributed by atoms with Crippen LogP contribution in [0, 0.1) is 0 Å². The maximum Gasteiger partial charge on any atom is 0.494 e. The first kappa shape index (κ1) is 58.7. The van der Waals surface area contributed by atoms with Crippen LogP contribution >= 0.6 is 45.9 Å². The van der Waals surface area contributed by atoms with Crippen molar-refractivity contribution < 1.29 is 22.6 Å². The standard InChI is InChI=1S/C41H23N5O2S.C19H20BNO3.C15H7Cl2N3S/c1-6-12-35-29(7-1)30-23-28(21-22-36(30)49-35)39-45-37(24-13-17-26(18-14-24)40-42-31-8-2-4-10-33(31)47-40)44-38(46-39)25-15-19-27(20-16-25)41-43-32-9-3-5-11-34(32)48-41;1-18(2)19(3,4)24-20(23-18)14-11-9-13(10-12-14)17-21-15-7-5-6-8-16(15)22-17;16-14-18-13(19-15(17)20-14)8-5-6-12-10(7-8)9-3-1-2-4-11(9)21-12/h1-23H;5-12H,1-4H3;1-7H. The van der Waals surface area contributed by atoms with Gasteiger partial charge in [-0.25, -0.2) is 29.9 Å². The zero-order valence-electron chi connectivity index (χ0n) is 50.7. The summed E-state index contributed by atoms with van der Waals surface area (Å²) in [6, 6.07) is 76.6. The first-order chi connectivity index (χ1) is 45.8. The highest BCUT2D eigenvalue weighted by Crippen LogP contribution is 2.40. The van der Waals surface area contributed by atoms with Crippen molar-refractivity contribution in [2.45, 2.75) is 38.9 Å². The summed E-state index contributed by atoms with van der Waals surface area (Å²) in [5.41, 5.74) is 11.3. The molecule has 1 fully saturated rings. The van der Waals surface area contributed by atoms with Crippen molar-refractivity contribution in [3.05, 3.63) is 241 Å². The van der Waals surface area contributed by atoms with E-state index in [-0.39, 0.29) is 28.9 Å². The van der Waals surface area contributed by atoms with Gasteiger partial charge in [-0.2, -0.15) is 15.0 Å². The Labute approximate surface area is 555 Å². The average Bonchev–Trinajstić information content (AvgIpc) is 1.64. The maximum atomic E-state index is 6.08. The molecule has 18 rings (SSSR count). The minimum absolute atomic E-state index is 0.0975. The molecule has 0 saturated carbocycles. The second kappa shape index (κ2) is 24.0. The number of rotatable bonds is 8. The molecule has 0 aliphatic carbocycles. The van der Waals surface area contributed by atoms with E-state index in [9.17, 15) is 0 Å². The van der Waals surface area contributed by atoms with E-state index in [1.165, 1.54) is 40.3 Å². The lowest BCUT2D eigenvalue weighted by molar-refractivity contribution is 0.00578. The summed E-state index contributed by atoms with van der Waals surface area (Å²) in [6.45, 7) is 8.22. The van der Waals surface area contributed by atoms with E-state index in [4.69, 9.17) is 60.7 Å². The van der Waals surface area contributed by atoms with Gasteiger partial charge in [0.25, 0.3) is 0 Å². The van der Waals surface area contributed by atoms with Crippen LogP contribution in [0.4, 0.5) is 0 Å². The molecule has 0 spiro atoms. The molecule has 0 atom stereocenters. The van der Waals surface area contributed by atoms with E-state index >= 15 is 0 Å². The Morgan fingerprint density at radius 2 is 0.628 bits per heavy atom. The fourth-order valence-corrected chi connectivity index (χ4v) is 13.8. The largest absolute Gasteiger partial charge is 0.494 e. The topological polar surface area (TPSA) is 174 Å². The summed E-state index contributed by atoms with van der Waals surface area (Å²) in [7, 11) is -0.354. The van der Waals surface area contributed by atoms with E-state index in [0.717, 1.165) is 77.7 Å². The lowest BCUT2D eigenvalue weighted by atomic mass is 9.79. The van der Waals surface area contributed by atoms with E-state index < -0.39 is 0 Å². The molecule has 94 heavy (non-hydrogen) atoms. The van der Waals surface area contributed by atoms with Gasteiger partial charge in [0.1, 0.15) is 16.6 Å². The number of para-hydroxylation sites is 6. The van der Waals surface area contributed by atoms with Crippen molar-refractivity contribution >= 4 is 132 Å². The van der Waals surface area contributed by atoms with Crippen molar-refractivity contribution in [2.75, 3.05) is 0 Å². The quantitative estimate of drug-likeness (QED) is 0.131. The van der Waals surface area contributed by atoms with Gasteiger partial charge in [0.15, 0.2) is 40.0 Å². The first-order valence-electron chi connectivity index (χ1n) is 30.2. The number of oxazole rings is 3. The van der Waals surface area contributed by atoms with E-state index in [1.807, 2.05) is 164 Å². The van der Waals surface area contributed by atoms with Gasteiger partial charge in [-0.1, -0.05) is 109 Å². The number of nitrogens with zero attached hydrogens (tertiary/aromatic N) is 9. The van der Waals surface area contributed by atoms with Crippen molar-refractivity contribution in [1.82, 2.24) is 44.9 Å². The van der Waals surface area contributed by atoms with Gasteiger partial charge in [0.2, 0.25) is 28.2 Å². The number of aromatic nitrogens is 9. The summed E-state index contributed by atoms with van der Waals surface area (Å²) in [4.78, 5) is 40.9. The van der Waals surface area contributed by atoms with E-state index in [2.05, 4.69) is 124 Å². The number of hydrogen-bond acceptors (Lipinski definition) is 16. The van der Waals surface area contributed by atoms with Crippen LogP contribution in [0.15, 0.2) is 244 Å². The molecule has 10 aromatic carbocycles. The highest BCUT2D eigenvalue weighted by molar-refractivity contribution is 7.26. The Hall–Kier alpha value is -10.4. The zero-order chi connectivity index (χ0) is 63.7.